The standard InChI is InChI=1S/C17H26N2O/c1-18(2)13-11-16-10-6-7-12-19(16)17(20)14-15-8-4-3-5-9-15/h3-5,8-9,16H,6-7,10-14H2,1-2H3/t16-/m1/s1. The predicted octanol–water partition coefficient (Wildman–Crippen LogP) is 2.56. The fraction of sp³-hybridized carbons (Fsp3) is 0.588. The van der Waals surface area contributed by atoms with Gasteiger partial charge in [0.2, 0.25) is 5.91 Å². The van der Waals surface area contributed by atoms with E-state index in [0.29, 0.717) is 18.4 Å². The molecule has 0 saturated carbocycles. The second kappa shape index (κ2) is 7.44. The van der Waals surface area contributed by atoms with Crippen LogP contribution in [-0.4, -0.2) is 48.9 Å². The highest BCUT2D eigenvalue weighted by molar-refractivity contribution is 5.79. The van der Waals surface area contributed by atoms with E-state index in [9.17, 15) is 4.79 Å². The van der Waals surface area contributed by atoms with Gasteiger partial charge in [0.1, 0.15) is 0 Å². The highest BCUT2D eigenvalue weighted by Crippen LogP contribution is 2.21. The highest BCUT2D eigenvalue weighted by atomic mass is 16.2. The van der Waals surface area contributed by atoms with Gasteiger partial charge in [-0.15, -0.1) is 0 Å². The Bertz CT molecular complexity index is 416. The molecule has 1 atom stereocenters. The molecule has 1 aromatic carbocycles. The van der Waals surface area contributed by atoms with Crippen LogP contribution in [0.15, 0.2) is 30.3 Å². The SMILES string of the molecule is CN(C)CC[C@H]1CCCCN1C(=O)Cc1ccccc1. The maximum absolute atomic E-state index is 12.5. The first-order valence-corrected chi connectivity index (χ1v) is 7.65. The van der Waals surface area contributed by atoms with Crippen LogP contribution in [-0.2, 0) is 11.2 Å². The lowest BCUT2D eigenvalue weighted by Crippen LogP contribution is -2.45. The first-order valence-electron chi connectivity index (χ1n) is 7.65. The molecular weight excluding hydrogens is 248 g/mol. The summed E-state index contributed by atoms with van der Waals surface area (Å²) >= 11 is 0. The smallest absolute Gasteiger partial charge is 0.227 e. The van der Waals surface area contributed by atoms with Crippen molar-refractivity contribution in [3.8, 4) is 0 Å². The minimum Gasteiger partial charge on any atom is -0.339 e. The maximum atomic E-state index is 12.5. The summed E-state index contributed by atoms with van der Waals surface area (Å²) in [7, 11) is 4.19. The van der Waals surface area contributed by atoms with Gasteiger partial charge in [-0.25, -0.2) is 0 Å². The summed E-state index contributed by atoms with van der Waals surface area (Å²) in [6, 6.07) is 10.5. The lowest BCUT2D eigenvalue weighted by molar-refractivity contribution is -0.134. The van der Waals surface area contributed by atoms with Crippen LogP contribution in [0.5, 0.6) is 0 Å². The second-order valence-electron chi connectivity index (χ2n) is 5.99. The third kappa shape index (κ3) is 4.34. The average molecular weight is 274 g/mol. The van der Waals surface area contributed by atoms with E-state index in [1.807, 2.05) is 30.3 Å². The zero-order valence-corrected chi connectivity index (χ0v) is 12.7. The minimum absolute atomic E-state index is 0.291. The van der Waals surface area contributed by atoms with Crippen LogP contribution in [0, 0.1) is 0 Å². The molecule has 20 heavy (non-hydrogen) atoms. The van der Waals surface area contributed by atoms with Crippen molar-refractivity contribution in [1.29, 1.82) is 0 Å². The molecule has 0 bridgehead atoms. The van der Waals surface area contributed by atoms with Crippen molar-refractivity contribution in [2.45, 2.75) is 38.1 Å². The lowest BCUT2D eigenvalue weighted by Gasteiger charge is -2.36. The van der Waals surface area contributed by atoms with Crippen LogP contribution in [0.3, 0.4) is 0 Å². The summed E-state index contributed by atoms with van der Waals surface area (Å²) in [6.07, 6.45) is 5.20. The largest absolute Gasteiger partial charge is 0.339 e. The Balaban J connectivity index is 1.94. The summed E-state index contributed by atoms with van der Waals surface area (Å²) in [5.74, 6) is 0.291. The summed E-state index contributed by atoms with van der Waals surface area (Å²) in [5.41, 5.74) is 1.12. The first-order chi connectivity index (χ1) is 9.66. The Morgan fingerprint density at radius 1 is 1.25 bits per heavy atom. The maximum Gasteiger partial charge on any atom is 0.227 e. The molecule has 1 heterocycles. The molecule has 3 nitrogen and oxygen atoms in total. The lowest BCUT2D eigenvalue weighted by atomic mass is 9.98. The van der Waals surface area contributed by atoms with Crippen molar-refractivity contribution in [1.82, 2.24) is 9.80 Å². The number of carbonyl (C=O) groups excluding carboxylic acids is 1. The van der Waals surface area contributed by atoms with E-state index in [1.54, 1.807) is 0 Å². The zero-order chi connectivity index (χ0) is 14.4. The number of hydrogen-bond donors (Lipinski definition) is 0. The van der Waals surface area contributed by atoms with Crippen LogP contribution in [0.1, 0.15) is 31.2 Å². The van der Waals surface area contributed by atoms with Crippen molar-refractivity contribution in [2.75, 3.05) is 27.2 Å². The zero-order valence-electron chi connectivity index (χ0n) is 12.7. The van der Waals surface area contributed by atoms with Crippen LogP contribution in [0.4, 0.5) is 0 Å². The molecule has 110 valence electrons. The van der Waals surface area contributed by atoms with Crippen molar-refractivity contribution in [3.05, 3.63) is 35.9 Å². The van der Waals surface area contributed by atoms with Gasteiger partial charge in [-0.1, -0.05) is 30.3 Å². The van der Waals surface area contributed by atoms with Crippen LogP contribution in [0.2, 0.25) is 0 Å². The van der Waals surface area contributed by atoms with Gasteiger partial charge in [0.05, 0.1) is 6.42 Å². The molecule has 1 aromatic rings. The highest BCUT2D eigenvalue weighted by Gasteiger charge is 2.26. The average Bonchev–Trinajstić information content (AvgIpc) is 2.46. The van der Waals surface area contributed by atoms with Crippen molar-refractivity contribution in [2.24, 2.45) is 0 Å². The van der Waals surface area contributed by atoms with Gasteiger partial charge in [-0.2, -0.15) is 0 Å². The van der Waals surface area contributed by atoms with Gasteiger partial charge >= 0.3 is 0 Å². The van der Waals surface area contributed by atoms with Gasteiger partial charge in [-0.05, 0) is 51.9 Å². The molecule has 0 unspecified atom stereocenters. The van der Waals surface area contributed by atoms with Crippen LogP contribution in [0.25, 0.3) is 0 Å². The monoisotopic (exact) mass is 274 g/mol. The fourth-order valence-corrected chi connectivity index (χ4v) is 2.91. The summed E-state index contributed by atoms with van der Waals surface area (Å²) in [6.45, 7) is 1.99. The van der Waals surface area contributed by atoms with Gasteiger partial charge in [0.25, 0.3) is 0 Å². The van der Waals surface area contributed by atoms with Crippen LogP contribution < -0.4 is 0 Å². The first kappa shape index (κ1) is 15.0. The van der Waals surface area contributed by atoms with Crippen LogP contribution >= 0.6 is 0 Å². The van der Waals surface area contributed by atoms with E-state index in [-0.39, 0.29) is 0 Å². The molecule has 1 amide bonds. The van der Waals surface area contributed by atoms with Crippen molar-refractivity contribution in [3.63, 3.8) is 0 Å². The topological polar surface area (TPSA) is 23.6 Å². The summed E-state index contributed by atoms with van der Waals surface area (Å²) in [5, 5.41) is 0. The Morgan fingerprint density at radius 3 is 2.70 bits per heavy atom. The molecular formula is C17H26N2O. The molecule has 1 aliphatic heterocycles. The molecule has 1 fully saturated rings. The van der Waals surface area contributed by atoms with Gasteiger partial charge in [0.15, 0.2) is 0 Å². The number of piperidine rings is 1. The Morgan fingerprint density at radius 2 is 2.00 bits per heavy atom. The molecule has 3 heteroatoms. The van der Waals surface area contributed by atoms with E-state index in [4.69, 9.17) is 0 Å². The molecule has 2 rings (SSSR count). The predicted molar refractivity (Wildman–Crippen MR) is 82.7 cm³/mol. The normalized spacial score (nSPS) is 19.4. The number of rotatable bonds is 5. The molecule has 1 saturated heterocycles. The van der Waals surface area contributed by atoms with E-state index in [0.717, 1.165) is 37.9 Å². The number of amides is 1. The third-order valence-corrected chi connectivity index (χ3v) is 4.06. The molecule has 0 radical (unpaired) electrons. The molecule has 1 aliphatic rings. The quantitative estimate of drug-likeness (QED) is 0.824. The van der Waals surface area contributed by atoms with Gasteiger partial charge in [0, 0.05) is 12.6 Å². The van der Waals surface area contributed by atoms with Crippen molar-refractivity contribution >= 4 is 5.91 Å². The number of likely N-dealkylation sites (tertiary alicyclic amines) is 1. The van der Waals surface area contributed by atoms with E-state index >= 15 is 0 Å². The molecule has 0 aliphatic carbocycles. The minimum atomic E-state index is 0.291. The Hall–Kier alpha value is -1.35. The Labute approximate surface area is 122 Å². The molecule has 0 aromatic heterocycles. The van der Waals surface area contributed by atoms with Gasteiger partial charge < -0.3 is 9.80 Å². The second-order valence-corrected chi connectivity index (χ2v) is 5.99. The third-order valence-electron chi connectivity index (χ3n) is 4.06. The number of benzene rings is 1. The Kier molecular flexibility index (Phi) is 5.60. The summed E-state index contributed by atoms with van der Waals surface area (Å²) in [4.78, 5) is 16.9. The fourth-order valence-electron chi connectivity index (χ4n) is 2.91. The van der Waals surface area contributed by atoms with E-state index < -0.39 is 0 Å². The molecule has 0 N–H and O–H groups in total. The van der Waals surface area contributed by atoms with E-state index in [1.165, 1.54) is 6.42 Å². The van der Waals surface area contributed by atoms with Gasteiger partial charge in [-0.3, -0.25) is 4.79 Å². The van der Waals surface area contributed by atoms with E-state index in [2.05, 4.69) is 23.9 Å². The number of nitrogens with zero attached hydrogens (tertiary/aromatic N) is 2. The summed E-state index contributed by atoms with van der Waals surface area (Å²) < 4.78 is 0. The molecule has 0 spiro atoms. The van der Waals surface area contributed by atoms with Crippen molar-refractivity contribution < 1.29 is 4.79 Å². The number of carbonyl (C=O) groups is 1. The number of hydrogen-bond acceptors (Lipinski definition) is 2.